The first kappa shape index (κ1) is 8.61. The van der Waals surface area contributed by atoms with Crippen LogP contribution in [0, 0.1) is 6.92 Å². The molecule has 0 saturated carbocycles. The molecular formula is C12H17N. The minimum atomic E-state index is 1.25. The molecule has 1 nitrogen and oxygen atoms in total. The van der Waals surface area contributed by atoms with Crippen LogP contribution in [0.5, 0.6) is 0 Å². The summed E-state index contributed by atoms with van der Waals surface area (Å²) in [7, 11) is 0. The van der Waals surface area contributed by atoms with Crippen molar-refractivity contribution in [3.05, 3.63) is 29.6 Å². The van der Waals surface area contributed by atoms with Crippen LogP contribution in [-0.4, -0.2) is 4.98 Å². The molecule has 1 aliphatic rings. The third-order valence-electron chi connectivity index (χ3n) is 2.82. The Morgan fingerprint density at radius 2 is 2.15 bits per heavy atom. The number of H-pyrrole nitrogens is 1. The lowest BCUT2D eigenvalue weighted by molar-refractivity contribution is 0.720. The van der Waals surface area contributed by atoms with Gasteiger partial charge in [-0.3, -0.25) is 0 Å². The molecule has 2 rings (SSSR count). The van der Waals surface area contributed by atoms with Crippen molar-refractivity contribution in [3.63, 3.8) is 0 Å². The van der Waals surface area contributed by atoms with Gasteiger partial charge in [-0.2, -0.15) is 0 Å². The highest BCUT2D eigenvalue weighted by molar-refractivity contribution is 5.65. The molecule has 0 aliphatic heterocycles. The quantitative estimate of drug-likeness (QED) is 0.670. The van der Waals surface area contributed by atoms with Gasteiger partial charge in [0.1, 0.15) is 0 Å². The highest BCUT2D eigenvalue weighted by atomic mass is 14.7. The second kappa shape index (κ2) is 3.82. The molecule has 0 aromatic carbocycles. The van der Waals surface area contributed by atoms with Gasteiger partial charge in [-0.25, -0.2) is 0 Å². The third kappa shape index (κ3) is 1.85. The number of aromatic amines is 1. The monoisotopic (exact) mass is 175 g/mol. The van der Waals surface area contributed by atoms with E-state index in [0.717, 1.165) is 0 Å². The van der Waals surface area contributed by atoms with E-state index in [1.807, 2.05) is 6.20 Å². The van der Waals surface area contributed by atoms with Gasteiger partial charge in [0, 0.05) is 11.9 Å². The molecule has 1 heteroatoms. The van der Waals surface area contributed by atoms with E-state index in [-0.39, 0.29) is 0 Å². The summed E-state index contributed by atoms with van der Waals surface area (Å²) in [6, 6.07) is 2.15. The Morgan fingerprint density at radius 3 is 2.92 bits per heavy atom. The average Bonchev–Trinajstić information content (AvgIpc) is 2.43. The molecule has 0 radical (unpaired) electrons. The van der Waals surface area contributed by atoms with Crippen LogP contribution in [0.1, 0.15) is 43.4 Å². The van der Waals surface area contributed by atoms with Gasteiger partial charge in [0.25, 0.3) is 0 Å². The van der Waals surface area contributed by atoms with Gasteiger partial charge in [0.2, 0.25) is 0 Å². The summed E-state index contributed by atoms with van der Waals surface area (Å²) in [4.78, 5) is 3.33. The fraction of sp³-hybridized carbons (Fsp3) is 0.500. The van der Waals surface area contributed by atoms with Crippen LogP contribution >= 0.6 is 0 Å². The number of aromatic nitrogens is 1. The van der Waals surface area contributed by atoms with E-state index in [4.69, 9.17) is 0 Å². The Hall–Kier alpha value is -0.980. The highest BCUT2D eigenvalue weighted by Gasteiger charge is 2.07. The summed E-state index contributed by atoms with van der Waals surface area (Å²) < 4.78 is 0. The molecule has 0 amide bonds. The Kier molecular flexibility index (Phi) is 2.53. The summed E-state index contributed by atoms with van der Waals surface area (Å²) in [5.74, 6) is 0. The molecule has 1 aromatic heterocycles. The molecule has 1 aromatic rings. The summed E-state index contributed by atoms with van der Waals surface area (Å²) in [6.07, 6.45) is 11.1. The molecule has 0 bridgehead atoms. The predicted octanol–water partition coefficient (Wildman–Crippen LogP) is 3.67. The van der Waals surface area contributed by atoms with Gasteiger partial charge >= 0.3 is 0 Å². The second-order valence-corrected chi connectivity index (χ2v) is 3.86. The average molecular weight is 175 g/mol. The normalized spacial score (nSPS) is 18.1. The Balaban J connectivity index is 2.24. The summed E-state index contributed by atoms with van der Waals surface area (Å²) in [5.41, 5.74) is 4.27. The van der Waals surface area contributed by atoms with Crippen molar-refractivity contribution in [2.45, 2.75) is 39.0 Å². The first-order valence-electron chi connectivity index (χ1n) is 5.21. The van der Waals surface area contributed by atoms with Crippen LogP contribution in [0.4, 0.5) is 0 Å². The zero-order chi connectivity index (χ0) is 9.10. The van der Waals surface area contributed by atoms with Gasteiger partial charge in [0.05, 0.1) is 0 Å². The molecule has 13 heavy (non-hydrogen) atoms. The van der Waals surface area contributed by atoms with Crippen LogP contribution in [-0.2, 0) is 0 Å². The lowest BCUT2D eigenvalue weighted by Crippen LogP contribution is -1.86. The maximum absolute atomic E-state index is 3.33. The lowest BCUT2D eigenvalue weighted by atomic mass is 10.0. The van der Waals surface area contributed by atoms with E-state index in [0.29, 0.717) is 0 Å². The Morgan fingerprint density at radius 1 is 1.23 bits per heavy atom. The maximum Gasteiger partial charge on any atom is 0.0439 e. The topological polar surface area (TPSA) is 15.8 Å². The third-order valence-corrected chi connectivity index (χ3v) is 2.82. The van der Waals surface area contributed by atoms with E-state index in [1.165, 1.54) is 48.9 Å². The van der Waals surface area contributed by atoms with Crippen LogP contribution in [0.3, 0.4) is 0 Å². The molecule has 1 aliphatic carbocycles. The van der Waals surface area contributed by atoms with Gasteiger partial charge in [-0.05, 0) is 49.8 Å². The smallest absolute Gasteiger partial charge is 0.0439 e. The largest absolute Gasteiger partial charge is 0.361 e. The Bertz CT molecular complexity index is 307. The first-order valence-corrected chi connectivity index (χ1v) is 5.21. The number of hydrogen-bond donors (Lipinski definition) is 1. The molecule has 0 atom stereocenters. The zero-order valence-corrected chi connectivity index (χ0v) is 8.27. The summed E-state index contributed by atoms with van der Waals surface area (Å²) >= 11 is 0. The molecule has 0 spiro atoms. The Labute approximate surface area is 79.9 Å². The van der Waals surface area contributed by atoms with Crippen molar-refractivity contribution in [1.82, 2.24) is 4.98 Å². The number of rotatable bonds is 1. The molecule has 1 N–H and O–H groups in total. The van der Waals surface area contributed by atoms with Crippen molar-refractivity contribution < 1.29 is 0 Å². The summed E-state index contributed by atoms with van der Waals surface area (Å²) in [5, 5.41) is 0. The zero-order valence-electron chi connectivity index (χ0n) is 8.27. The number of allylic oxidation sites excluding steroid dienone is 2. The van der Waals surface area contributed by atoms with Gasteiger partial charge in [-0.15, -0.1) is 0 Å². The number of aryl methyl sites for hydroxylation is 1. The van der Waals surface area contributed by atoms with Crippen molar-refractivity contribution in [1.29, 1.82) is 0 Å². The molecule has 0 fully saturated rings. The van der Waals surface area contributed by atoms with Crippen LogP contribution in [0.2, 0.25) is 0 Å². The first-order chi connectivity index (χ1) is 6.38. The van der Waals surface area contributed by atoms with Gasteiger partial charge in [0.15, 0.2) is 0 Å². The highest BCUT2D eigenvalue weighted by Crippen LogP contribution is 2.26. The summed E-state index contributed by atoms with van der Waals surface area (Å²) in [6.45, 7) is 2.18. The van der Waals surface area contributed by atoms with Crippen molar-refractivity contribution in [2.75, 3.05) is 0 Å². The van der Waals surface area contributed by atoms with E-state index in [1.54, 1.807) is 0 Å². The van der Waals surface area contributed by atoms with Crippen LogP contribution in [0.15, 0.2) is 18.3 Å². The molecule has 0 unspecified atom stereocenters. The number of nitrogens with one attached hydrogen (secondary N) is 1. The predicted molar refractivity (Wildman–Crippen MR) is 56.6 cm³/mol. The van der Waals surface area contributed by atoms with Crippen LogP contribution < -0.4 is 0 Å². The molecule has 1 heterocycles. The van der Waals surface area contributed by atoms with Crippen molar-refractivity contribution in [2.24, 2.45) is 0 Å². The molecular weight excluding hydrogens is 158 g/mol. The molecule has 70 valence electrons. The van der Waals surface area contributed by atoms with E-state index >= 15 is 0 Å². The van der Waals surface area contributed by atoms with E-state index < -0.39 is 0 Å². The molecule has 0 saturated heterocycles. The van der Waals surface area contributed by atoms with E-state index in [9.17, 15) is 0 Å². The fourth-order valence-corrected chi connectivity index (χ4v) is 2.04. The van der Waals surface area contributed by atoms with E-state index in [2.05, 4.69) is 24.1 Å². The van der Waals surface area contributed by atoms with Gasteiger partial charge in [-0.1, -0.05) is 12.5 Å². The fourth-order valence-electron chi connectivity index (χ4n) is 2.04. The lowest BCUT2D eigenvalue weighted by Gasteiger charge is -2.03. The van der Waals surface area contributed by atoms with Crippen LogP contribution in [0.25, 0.3) is 5.57 Å². The number of hydrogen-bond acceptors (Lipinski definition) is 0. The standard InChI is InChI=1S/C12H17N/c1-10-8-9-13-12(10)11-6-4-2-3-5-7-11/h6,8-9,13H,2-5,7H2,1H3. The van der Waals surface area contributed by atoms with Gasteiger partial charge < -0.3 is 4.98 Å². The minimum absolute atomic E-state index is 1.25. The maximum atomic E-state index is 3.33. The minimum Gasteiger partial charge on any atom is -0.361 e. The SMILES string of the molecule is Cc1cc[nH]c1C1=CCCCCC1. The van der Waals surface area contributed by atoms with Crippen molar-refractivity contribution in [3.8, 4) is 0 Å². The second-order valence-electron chi connectivity index (χ2n) is 3.86. The van der Waals surface area contributed by atoms with Crippen molar-refractivity contribution >= 4 is 5.57 Å².